The van der Waals surface area contributed by atoms with Crippen LogP contribution in [0.4, 0.5) is 0 Å². The molecule has 5 heteroatoms. The molecule has 0 saturated heterocycles. The molecular weight excluding hydrogens is 364 g/mol. The number of hydrogen-bond acceptors (Lipinski definition) is 4. The number of nitrogens with zero attached hydrogens (tertiary/aromatic N) is 2. The minimum atomic E-state index is -0.309. The summed E-state index contributed by atoms with van der Waals surface area (Å²) in [6.45, 7) is 0.571. The van der Waals surface area contributed by atoms with Crippen LogP contribution < -0.4 is 10.3 Å². The molecule has 142 valence electrons. The Morgan fingerprint density at radius 1 is 1.00 bits per heavy atom. The van der Waals surface area contributed by atoms with Gasteiger partial charge in [-0.3, -0.25) is 4.79 Å². The molecule has 29 heavy (non-hydrogen) atoms. The fourth-order valence-electron chi connectivity index (χ4n) is 3.97. The lowest BCUT2D eigenvalue weighted by Gasteiger charge is -2.26. The van der Waals surface area contributed by atoms with Crippen LogP contribution in [-0.4, -0.2) is 21.8 Å². The lowest BCUT2D eigenvalue weighted by atomic mass is 9.92. The van der Waals surface area contributed by atoms with Gasteiger partial charge in [-0.1, -0.05) is 48.5 Å². The lowest BCUT2D eigenvalue weighted by Crippen LogP contribution is -2.24. The van der Waals surface area contributed by atoms with Crippen molar-refractivity contribution in [2.75, 3.05) is 7.11 Å². The number of methoxy groups -OCH3 is 1. The molecule has 5 nitrogen and oxygen atoms in total. The average molecular weight is 382 g/mol. The molecule has 0 unspecified atom stereocenters. The van der Waals surface area contributed by atoms with E-state index in [0.717, 1.165) is 16.6 Å². The number of fused-ring (bicyclic) bond motifs is 4. The van der Waals surface area contributed by atoms with Gasteiger partial charge in [0.15, 0.2) is 0 Å². The molecule has 0 amide bonds. The summed E-state index contributed by atoms with van der Waals surface area (Å²) in [4.78, 5) is 17.1. The Bertz CT molecular complexity index is 1350. The van der Waals surface area contributed by atoms with Crippen LogP contribution in [0.3, 0.4) is 0 Å². The van der Waals surface area contributed by atoms with Crippen molar-refractivity contribution in [3.05, 3.63) is 106 Å². The minimum absolute atomic E-state index is 0.0329. The third-order valence-electron chi connectivity index (χ3n) is 5.33. The van der Waals surface area contributed by atoms with E-state index >= 15 is 0 Å². The van der Waals surface area contributed by atoms with Gasteiger partial charge in [0.1, 0.15) is 17.3 Å². The Kier molecular flexibility index (Phi) is 3.95. The lowest BCUT2D eigenvalue weighted by molar-refractivity contribution is 0.408. The maximum atomic E-state index is 12.7. The van der Waals surface area contributed by atoms with Gasteiger partial charge in [0.25, 0.3) is 5.56 Å². The maximum Gasteiger partial charge on any atom is 0.281 e. The van der Waals surface area contributed by atoms with Crippen molar-refractivity contribution in [3.63, 3.8) is 0 Å². The largest absolute Gasteiger partial charge is 0.506 e. The summed E-state index contributed by atoms with van der Waals surface area (Å²) in [5.74, 6) is 1.04. The highest BCUT2D eigenvalue weighted by Gasteiger charge is 2.27. The van der Waals surface area contributed by atoms with Crippen LogP contribution >= 0.6 is 0 Å². The average Bonchev–Trinajstić information content (AvgIpc) is 2.77. The highest BCUT2D eigenvalue weighted by molar-refractivity contribution is 5.97. The molecule has 0 fully saturated rings. The van der Waals surface area contributed by atoms with Crippen molar-refractivity contribution >= 4 is 22.2 Å². The number of hydrogen-bond donors (Lipinski definition) is 1. The minimum Gasteiger partial charge on any atom is -0.506 e. The summed E-state index contributed by atoms with van der Waals surface area (Å²) in [6.07, 6.45) is 0. The zero-order chi connectivity index (χ0) is 20.0. The maximum absolute atomic E-state index is 12.7. The van der Waals surface area contributed by atoms with Gasteiger partial charge in [0, 0.05) is 0 Å². The molecule has 2 heterocycles. The third-order valence-corrected chi connectivity index (χ3v) is 5.33. The van der Waals surface area contributed by atoms with Gasteiger partial charge in [-0.25, -0.2) is 0 Å². The molecule has 1 aliphatic heterocycles. The van der Waals surface area contributed by atoms with Crippen LogP contribution in [0.25, 0.3) is 22.2 Å². The highest BCUT2D eigenvalue weighted by Crippen LogP contribution is 2.38. The fourth-order valence-corrected chi connectivity index (χ4v) is 3.97. The Morgan fingerprint density at radius 3 is 2.59 bits per heavy atom. The second-order valence-electron chi connectivity index (χ2n) is 6.92. The van der Waals surface area contributed by atoms with Crippen molar-refractivity contribution in [2.45, 2.75) is 6.54 Å². The van der Waals surface area contributed by atoms with E-state index in [1.165, 1.54) is 0 Å². The number of aliphatic hydroxyl groups excluding tert-OH is 1. The van der Waals surface area contributed by atoms with E-state index in [9.17, 15) is 9.90 Å². The second kappa shape index (κ2) is 6.63. The van der Waals surface area contributed by atoms with Crippen molar-refractivity contribution in [1.29, 1.82) is 0 Å². The first kappa shape index (κ1) is 17.3. The van der Waals surface area contributed by atoms with Crippen molar-refractivity contribution in [1.82, 2.24) is 9.55 Å². The Hall–Kier alpha value is -3.86. The number of para-hydroxylation sites is 2. The van der Waals surface area contributed by atoms with Gasteiger partial charge in [0.2, 0.25) is 0 Å². The number of aliphatic hydroxyl groups is 1. The summed E-state index contributed by atoms with van der Waals surface area (Å²) in [6, 6.07) is 22.6. The van der Waals surface area contributed by atoms with Gasteiger partial charge in [-0.2, -0.15) is 4.98 Å². The third kappa shape index (κ3) is 2.63. The SMILES string of the molecule is COc1ccccc1/C(O)=C1/c2ccccc2Cn2c1nc(=O)c1ccccc12. The van der Waals surface area contributed by atoms with Crippen LogP contribution in [0.2, 0.25) is 0 Å². The van der Waals surface area contributed by atoms with E-state index in [-0.39, 0.29) is 11.3 Å². The van der Waals surface area contributed by atoms with Crippen molar-refractivity contribution < 1.29 is 9.84 Å². The fraction of sp³-hybridized carbons (Fsp3) is 0.0833. The quantitative estimate of drug-likeness (QED) is 0.464. The number of aromatic nitrogens is 2. The van der Waals surface area contributed by atoms with E-state index < -0.39 is 0 Å². The van der Waals surface area contributed by atoms with Crippen molar-refractivity contribution in [2.24, 2.45) is 0 Å². The molecule has 5 rings (SSSR count). The predicted octanol–water partition coefficient (Wildman–Crippen LogP) is 4.24. The van der Waals surface area contributed by atoms with Crippen LogP contribution in [0, 0.1) is 0 Å². The topological polar surface area (TPSA) is 64.3 Å². The monoisotopic (exact) mass is 382 g/mol. The molecule has 0 radical (unpaired) electrons. The molecule has 1 aromatic heterocycles. The normalized spacial score (nSPS) is 14.2. The Morgan fingerprint density at radius 2 is 1.72 bits per heavy atom. The van der Waals surface area contributed by atoms with Gasteiger partial charge >= 0.3 is 0 Å². The zero-order valence-electron chi connectivity index (χ0n) is 15.8. The number of rotatable bonds is 2. The summed E-state index contributed by atoms with van der Waals surface area (Å²) in [7, 11) is 1.57. The van der Waals surface area contributed by atoms with Gasteiger partial charge in [0.05, 0.1) is 35.7 Å². The first-order valence-corrected chi connectivity index (χ1v) is 9.34. The van der Waals surface area contributed by atoms with Crippen LogP contribution in [-0.2, 0) is 6.54 Å². The van der Waals surface area contributed by atoms with Gasteiger partial charge in [-0.05, 0) is 35.4 Å². The predicted molar refractivity (Wildman–Crippen MR) is 113 cm³/mol. The summed E-state index contributed by atoms with van der Waals surface area (Å²) in [5, 5.41) is 11.9. The number of ether oxygens (including phenoxy) is 1. The summed E-state index contributed by atoms with van der Waals surface area (Å²) < 4.78 is 7.43. The number of benzene rings is 3. The summed E-state index contributed by atoms with van der Waals surface area (Å²) in [5.41, 5.74) is 3.47. The van der Waals surface area contributed by atoms with Crippen LogP contribution in [0.1, 0.15) is 22.5 Å². The molecule has 0 bridgehead atoms. The molecule has 0 atom stereocenters. The standard InChI is InChI=1S/C24H18N2O3/c1-29-20-13-7-5-11-18(20)22(27)21-16-9-3-2-8-15(16)14-26-19-12-6-4-10-17(19)24(28)25-23(21)26/h2-13,27H,14H2,1H3/b22-21+. The van der Waals surface area contributed by atoms with E-state index in [4.69, 9.17) is 4.74 Å². The second-order valence-corrected chi connectivity index (χ2v) is 6.92. The van der Waals surface area contributed by atoms with Gasteiger partial charge < -0.3 is 14.4 Å². The van der Waals surface area contributed by atoms with E-state index in [0.29, 0.717) is 34.6 Å². The van der Waals surface area contributed by atoms with Crippen LogP contribution in [0.15, 0.2) is 77.6 Å². The molecule has 0 spiro atoms. The van der Waals surface area contributed by atoms with E-state index in [1.54, 1.807) is 25.3 Å². The molecule has 0 saturated carbocycles. The van der Waals surface area contributed by atoms with Crippen LogP contribution in [0.5, 0.6) is 5.75 Å². The smallest absolute Gasteiger partial charge is 0.281 e. The Labute approximate surface area is 167 Å². The van der Waals surface area contributed by atoms with Gasteiger partial charge in [-0.15, -0.1) is 0 Å². The van der Waals surface area contributed by atoms with Crippen molar-refractivity contribution in [3.8, 4) is 5.75 Å². The molecule has 3 aromatic carbocycles. The molecular formula is C24H18N2O3. The molecule has 0 aliphatic carbocycles. The van der Waals surface area contributed by atoms with E-state index in [2.05, 4.69) is 4.98 Å². The molecule has 1 aliphatic rings. The first-order valence-electron chi connectivity index (χ1n) is 9.34. The summed E-state index contributed by atoms with van der Waals surface area (Å²) >= 11 is 0. The molecule has 4 aromatic rings. The molecule has 1 N–H and O–H groups in total. The first-order chi connectivity index (χ1) is 14.2. The highest BCUT2D eigenvalue weighted by atomic mass is 16.5. The Balaban J connectivity index is 1.91. The van der Waals surface area contributed by atoms with E-state index in [1.807, 2.05) is 59.2 Å². The zero-order valence-corrected chi connectivity index (χ0v) is 15.8.